The van der Waals surface area contributed by atoms with Crippen LogP contribution in [0.3, 0.4) is 0 Å². The standard InChI is InChI=1S/C50H66N2O8Si.C2HF3O2/c1-32-24-37-16-14-23-47(54)59-49-34(3)44(58-48(35(49)4)33(2)26-36(51)30-53)21-15-22-46-52-43(31-55-46)45-29-40(28-39(57-45)27-38(25-32)56-37)60-61(50(5,6)7,41-17-10-8-11-18-41)42-19-12-9-13-20-42;3-2(4,5)1(6)7/h8-15,17-20,22-23,26,31,34-40,44-45,48-49,53H,1,16,21,24-25,27-30,51H2,2-7H3;(H,6,7)/b22-15+,23-14-,33-26+;/t34-,35-,36+,37-,38+,39+,40+,44+,45+,48-,49-;/m0./s1. The summed E-state index contributed by atoms with van der Waals surface area (Å²) in [6.07, 6.45) is 8.31. The van der Waals surface area contributed by atoms with Crippen LogP contribution in [0.15, 0.2) is 113 Å². The summed E-state index contributed by atoms with van der Waals surface area (Å²) in [6, 6.07) is 21.0. The molecule has 0 unspecified atom stereocenters. The lowest BCUT2D eigenvalue weighted by atomic mass is 9.79. The minimum atomic E-state index is -5.08. The zero-order valence-electron chi connectivity index (χ0n) is 39.8. The fourth-order valence-corrected chi connectivity index (χ4v) is 14.8. The number of nitrogens with zero attached hydrogens (tertiary/aromatic N) is 1. The van der Waals surface area contributed by atoms with Crippen molar-refractivity contribution in [1.29, 1.82) is 0 Å². The molecule has 12 nitrogen and oxygen atoms in total. The molecule has 0 aliphatic carbocycles. The second-order valence-corrected chi connectivity index (χ2v) is 23.8. The summed E-state index contributed by atoms with van der Waals surface area (Å²) in [7, 11) is -2.89. The van der Waals surface area contributed by atoms with E-state index in [9.17, 15) is 23.1 Å². The minimum absolute atomic E-state index is 0.109. The molecule has 11 atom stereocenters. The lowest BCUT2D eigenvalue weighted by molar-refractivity contribution is -0.192. The predicted octanol–water partition coefficient (Wildman–Crippen LogP) is 8.55. The van der Waals surface area contributed by atoms with Crippen molar-refractivity contribution in [1.82, 2.24) is 4.98 Å². The van der Waals surface area contributed by atoms with Gasteiger partial charge in [-0.1, -0.05) is 126 Å². The van der Waals surface area contributed by atoms with Gasteiger partial charge in [0.1, 0.15) is 24.2 Å². The first-order chi connectivity index (χ1) is 32.2. The highest BCUT2D eigenvalue weighted by atomic mass is 28.4. The van der Waals surface area contributed by atoms with E-state index >= 15 is 0 Å². The summed E-state index contributed by atoms with van der Waals surface area (Å²) >= 11 is 0. The maximum Gasteiger partial charge on any atom is 0.490 e. The Kier molecular flexibility index (Phi) is 17.7. The Bertz CT molecular complexity index is 2200. The van der Waals surface area contributed by atoms with Crippen LogP contribution < -0.4 is 16.1 Å². The Balaban J connectivity index is 0.00000101. The van der Waals surface area contributed by atoms with Crippen molar-refractivity contribution in [2.75, 3.05) is 6.61 Å². The Morgan fingerprint density at radius 3 is 2.13 bits per heavy atom. The number of carboxylic acids is 1. The van der Waals surface area contributed by atoms with Gasteiger partial charge in [0, 0.05) is 36.8 Å². The van der Waals surface area contributed by atoms with Crippen LogP contribution in [0.1, 0.15) is 104 Å². The second-order valence-electron chi connectivity index (χ2n) is 19.6. The average molecular weight is 965 g/mol. The maximum absolute atomic E-state index is 13.5. The molecule has 3 aromatic rings. The van der Waals surface area contributed by atoms with Gasteiger partial charge in [0.25, 0.3) is 8.32 Å². The highest BCUT2D eigenvalue weighted by Gasteiger charge is 2.53. The molecular weight excluding hydrogens is 898 g/mol. The van der Waals surface area contributed by atoms with E-state index in [0.717, 1.165) is 29.7 Å². The number of hydrogen-bond acceptors (Lipinski definition) is 11. The Hall–Kier alpha value is -4.68. The number of carbonyl (C=O) groups excluding carboxylic acids is 1. The number of carboxylic acid groups (broad SMARTS) is 1. The molecule has 4 N–H and O–H groups in total. The van der Waals surface area contributed by atoms with Gasteiger partial charge in [0.15, 0.2) is 0 Å². The number of aliphatic hydroxyl groups excluding tert-OH is 1. The normalized spacial score (nSPS) is 30.1. The summed E-state index contributed by atoms with van der Waals surface area (Å²) < 4.78 is 72.2. The van der Waals surface area contributed by atoms with Gasteiger partial charge in [-0.3, -0.25) is 0 Å². The SMILES string of the molecule is C=C1C[C@@H]2C[C@@H]3C[C@@H](O[Si](c4ccccc4)(c4ccccc4)C(C)(C)C)C[C@@H](O3)c3coc(n3)/C=C/C[C@H]3O[C@@H](/C(C)=C/[C@@H](N)CO)[C@H](C)[C@@H](OC(=O)/C=C\C[C@@H](C1)O2)[C@H]3C.O=C(O)C(F)(F)F. The van der Waals surface area contributed by atoms with Crippen LogP contribution in [0.4, 0.5) is 13.2 Å². The number of halogens is 3. The molecule has 3 saturated heterocycles. The van der Waals surface area contributed by atoms with Gasteiger partial charge in [0.2, 0.25) is 5.89 Å². The number of aliphatic hydroxyl groups is 1. The molecule has 3 fully saturated rings. The van der Waals surface area contributed by atoms with Crippen molar-refractivity contribution in [3.05, 3.63) is 121 Å². The molecule has 0 radical (unpaired) electrons. The molecule has 0 spiro atoms. The summed E-state index contributed by atoms with van der Waals surface area (Å²) in [5, 5.41) is 19.1. The first-order valence-electron chi connectivity index (χ1n) is 23.4. The molecule has 7 rings (SSSR count). The van der Waals surface area contributed by atoms with E-state index in [1.54, 1.807) is 6.26 Å². The van der Waals surface area contributed by atoms with Crippen molar-refractivity contribution in [2.45, 2.75) is 153 Å². The van der Waals surface area contributed by atoms with Crippen molar-refractivity contribution < 1.29 is 60.8 Å². The Labute approximate surface area is 398 Å². The fourth-order valence-electron chi connectivity index (χ4n) is 10.1. The number of alkyl halides is 3. The van der Waals surface area contributed by atoms with Crippen LogP contribution >= 0.6 is 0 Å². The fraction of sp³-hybridized carbons (Fsp3) is 0.519. The van der Waals surface area contributed by atoms with Crippen LogP contribution in [0.25, 0.3) is 6.08 Å². The lowest BCUT2D eigenvalue weighted by Crippen LogP contribution is -2.68. The number of esters is 1. The molecule has 16 heteroatoms. The minimum Gasteiger partial charge on any atom is -0.475 e. The van der Waals surface area contributed by atoms with Crippen LogP contribution in [-0.4, -0.2) is 97.0 Å². The summed E-state index contributed by atoms with van der Waals surface area (Å²) in [5.74, 6) is -2.96. The van der Waals surface area contributed by atoms with Gasteiger partial charge in [-0.25, -0.2) is 14.6 Å². The second kappa shape index (κ2) is 22.8. The molecule has 1 aromatic heterocycles. The molecule has 0 saturated carbocycles. The van der Waals surface area contributed by atoms with Crippen LogP contribution in [0.5, 0.6) is 0 Å². The zero-order chi connectivity index (χ0) is 49.4. The van der Waals surface area contributed by atoms with Crippen molar-refractivity contribution in [2.24, 2.45) is 17.6 Å². The Morgan fingerprint density at radius 2 is 1.53 bits per heavy atom. The number of oxazole rings is 1. The third kappa shape index (κ3) is 13.1. The molecule has 5 heterocycles. The van der Waals surface area contributed by atoms with Crippen LogP contribution in [0, 0.1) is 11.8 Å². The molecule has 8 bridgehead atoms. The van der Waals surface area contributed by atoms with Crippen molar-refractivity contribution >= 4 is 36.7 Å². The van der Waals surface area contributed by atoms with E-state index in [0.29, 0.717) is 38.0 Å². The number of ether oxygens (including phenoxy) is 4. The third-order valence-electron chi connectivity index (χ3n) is 13.3. The topological polar surface area (TPSA) is 173 Å². The lowest BCUT2D eigenvalue weighted by Gasteiger charge is -2.47. The number of nitrogens with two attached hydrogens (primary N) is 1. The van der Waals surface area contributed by atoms with Gasteiger partial charge >= 0.3 is 18.1 Å². The molecule has 4 aliphatic rings. The van der Waals surface area contributed by atoms with E-state index in [1.807, 2.05) is 38.2 Å². The van der Waals surface area contributed by atoms with Crippen LogP contribution in [-0.2, 0) is 33.0 Å². The average Bonchev–Trinajstić information content (AvgIpc) is 3.76. The summed E-state index contributed by atoms with van der Waals surface area (Å²) in [4.78, 5) is 27.3. The maximum atomic E-state index is 13.5. The molecule has 370 valence electrons. The third-order valence-corrected chi connectivity index (χ3v) is 18.4. The van der Waals surface area contributed by atoms with Gasteiger partial charge in [-0.2, -0.15) is 13.2 Å². The Morgan fingerprint density at radius 1 is 0.912 bits per heavy atom. The number of benzene rings is 2. The van der Waals surface area contributed by atoms with E-state index in [-0.39, 0.29) is 66.2 Å². The van der Waals surface area contributed by atoms with Gasteiger partial charge in [0.05, 0.1) is 43.2 Å². The van der Waals surface area contributed by atoms with Crippen molar-refractivity contribution in [3.63, 3.8) is 0 Å². The predicted molar refractivity (Wildman–Crippen MR) is 254 cm³/mol. The quantitative estimate of drug-likeness (QED) is 0.117. The van der Waals surface area contributed by atoms with Crippen molar-refractivity contribution in [3.8, 4) is 0 Å². The molecule has 0 amide bonds. The first-order valence-corrected chi connectivity index (χ1v) is 25.3. The zero-order valence-corrected chi connectivity index (χ0v) is 40.8. The number of aliphatic carboxylic acids is 1. The number of hydrogen-bond donors (Lipinski definition) is 3. The molecule has 4 aliphatic heterocycles. The molecular formula is C52H67F3N2O10Si. The van der Waals surface area contributed by atoms with Gasteiger partial charge < -0.3 is 43.7 Å². The summed E-state index contributed by atoms with van der Waals surface area (Å²) in [5.41, 5.74) is 8.85. The molecule has 68 heavy (non-hydrogen) atoms. The molecule has 2 aromatic carbocycles. The van der Waals surface area contributed by atoms with E-state index in [2.05, 4.69) is 94.9 Å². The summed E-state index contributed by atoms with van der Waals surface area (Å²) in [6.45, 7) is 17.2. The van der Waals surface area contributed by atoms with E-state index < -0.39 is 38.6 Å². The van der Waals surface area contributed by atoms with Gasteiger partial charge in [-0.05, 0) is 66.1 Å². The van der Waals surface area contributed by atoms with Crippen LogP contribution in [0.2, 0.25) is 5.04 Å². The monoisotopic (exact) mass is 964 g/mol. The van der Waals surface area contributed by atoms with Gasteiger partial charge in [-0.15, -0.1) is 0 Å². The largest absolute Gasteiger partial charge is 0.490 e. The smallest absolute Gasteiger partial charge is 0.475 e. The van der Waals surface area contributed by atoms with E-state index in [4.69, 9.17) is 48.4 Å². The number of rotatable bonds is 7. The first kappa shape index (κ1) is 52.7. The number of fused-ring (bicyclic) bond motifs is 9. The highest BCUT2D eigenvalue weighted by Crippen LogP contribution is 2.43. The number of aromatic nitrogens is 1. The van der Waals surface area contributed by atoms with E-state index in [1.165, 1.54) is 16.4 Å². The number of carbonyl (C=O) groups is 2. The highest BCUT2D eigenvalue weighted by molar-refractivity contribution is 6.99.